The first kappa shape index (κ1) is 27.1. The Bertz CT molecular complexity index is 1450. The summed E-state index contributed by atoms with van der Waals surface area (Å²) in [5.74, 6) is -0.410. The van der Waals surface area contributed by atoms with E-state index in [2.05, 4.69) is 0 Å². The summed E-state index contributed by atoms with van der Waals surface area (Å²) in [6, 6.07) is 13.1. The van der Waals surface area contributed by atoms with Gasteiger partial charge in [0.15, 0.2) is 0 Å². The molecule has 0 bridgehead atoms. The molecule has 32 heavy (non-hydrogen) atoms. The Kier molecular flexibility index (Phi) is 8.11. The van der Waals surface area contributed by atoms with Crippen LogP contribution >= 0.6 is 0 Å². The second-order valence-corrected chi connectivity index (χ2v) is 9.48. The van der Waals surface area contributed by atoms with E-state index in [0.717, 1.165) is 0 Å². The number of phenolic OH excluding ortho intramolecular Hbond substituents is 2. The van der Waals surface area contributed by atoms with Gasteiger partial charge in [-0.05, 0) is 57.9 Å². The van der Waals surface area contributed by atoms with E-state index in [4.69, 9.17) is 0 Å². The van der Waals surface area contributed by atoms with Gasteiger partial charge in [-0.15, -0.1) is 0 Å². The number of hydrogen-bond acceptors (Lipinski definition) is 6. The van der Waals surface area contributed by atoms with Crippen LogP contribution in [0.15, 0.2) is 70.5 Å². The number of hydrogen-bond donors (Lipinski definition) is 4. The Hall–Kier alpha value is -1.18. The molecular formula is C20H14Na2O8S2. The molecule has 8 nitrogen and oxygen atoms in total. The first-order valence-corrected chi connectivity index (χ1v) is 11.3. The Morgan fingerprint density at radius 2 is 0.875 bits per heavy atom. The molecule has 2 radical (unpaired) electrons. The predicted octanol–water partition coefficient (Wildman–Crippen LogP) is 2.80. The third kappa shape index (κ3) is 5.00. The summed E-state index contributed by atoms with van der Waals surface area (Å²) < 4.78 is 64.3. The predicted molar refractivity (Wildman–Crippen MR) is 121 cm³/mol. The number of aromatic hydroxyl groups is 2. The molecule has 0 spiro atoms. The normalized spacial score (nSPS) is 11.7. The van der Waals surface area contributed by atoms with Gasteiger partial charge < -0.3 is 10.2 Å². The summed E-state index contributed by atoms with van der Waals surface area (Å²) >= 11 is 0. The Morgan fingerprint density at radius 1 is 0.531 bits per heavy atom. The van der Waals surface area contributed by atoms with E-state index in [1.807, 2.05) is 0 Å². The molecule has 0 fully saturated rings. The molecule has 0 heterocycles. The van der Waals surface area contributed by atoms with E-state index in [1.54, 1.807) is 0 Å². The third-order valence-corrected chi connectivity index (χ3v) is 6.48. The van der Waals surface area contributed by atoms with E-state index < -0.39 is 20.2 Å². The molecule has 0 saturated heterocycles. The maximum Gasteiger partial charge on any atom is 0.294 e. The first-order valence-electron chi connectivity index (χ1n) is 8.43. The Labute approximate surface area is 228 Å². The van der Waals surface area contributed by atoms with Gasteiger partial charge in [0.25, 0.3) is 20.2 Å². The zero-order valence-electron chi connectivity index (χ0n) is 17.0. The molecule has 0 aliphatic rings. The van der Waals surface area contributed by atoms with Crippen LogP contribution in [0.3, 0.4) is 0 Å². The average molecular weight is 492 g/mol. The Morgan fingerprint density at radius 3 is 1.19 bits per heavy atom. The van der Waals surface area contributed by atoms with E-state index in [0.29, 0.717) is 21.5 Å². The van der Waals surface area contributed by atoms with E-state index in [1.165, 1.54) is 60.7 Å². The van der Waals surface area contributed by atoms with Crippen molar-refractivity contribution in [1.82, 2.24) is 0 Å². The summed E-state index contributed by atoms with van der Waals surface area (Å²) in [4.78, 5) is -0.654. The molecule has 12 heteroatoms. The third-order valence-electron chi connectivity index (χ3n) is 4.78. The fraction of sp³-hybridized carbons (Fsp3) is 0. The fourth-order valence-electron chi connectivity index (χ4n) is 3.44. The summed E-state index contributed by atoms with van der Waals surface area (Å²) in [5, 5.41) is 22.6. The van der Waals surface area contributed by atoms with Gasteiger partial charge in [-0.2, -0.15) is 16.8 Å². The van der Waals surface area contributed by atoms with E-state index >= 15 is 0 Å². The smallest absolute Gasteiger partial charge is 0.294 e. The fourth-order valence-corrected chi connectivity index (χ4v) is 4.47. The van der Waals surface area contributed by atoms with Crippen LogP contribution in [-0.4, -0.2) is 95.3 Å². The molecule has 0 aliphatic carbocycles. The van der Waals surface area contributed by atoms with Crippen LogP contribution in [-0.2, 0) is 20.2 Å². The molecule has 0 amide bonds. The van der Waals surface area contributed by atoms with Gasteiger partial charge in [-0.3, -0.25) is 9.11 Å². The maximum atomic E-state index is 11.4. The van der Waals surface area contributed by atoms with Crippen molar-refractivity contribution in [3.8, 4) is 22.6 Å². The molecule has 0 atom stereocenters. The van der Waals surface area contributed by atoms with E-state index in [9.17, 15) is 36.2 Å². The maximum absolute atomic E-state index is 11.4. The minimum absolute atomic E-state index is 0. The zero-order chi connectivity index (χ0) is 21.8. The largest absolute Gasteiger partial charge is 0.507 e. The van der Waals surface area contributed by atoms with Crippen LogP contribution in [0.4, 0.5) is 0 Å². The van der Waals surface area contributed by atoms with Gasteiger partial charge in [0.2, 0.25) is 0 Å². The standard InChI is InChI=1S/C20H14O8S2.2Na/c21-17-7-1-11-9-13(29(23,24)25)3-5-15(11)19(17)20-16-6-4-14(30(26,27)28)10-12(16)2-8-18(20)22;;/h1-10,21-22H,(H,23,24,25)(H,26,27,28);;. The van der Waals surface area contributed by atoms with Crippen molar-refractivity contribution in [2.75, 3.05) is 0 Å². The van der Waals surface area contributed by atoms with Crippen LogP contribution in [0.2, 0.25) is 0 Å². The van der Waals surface area contributed by atoms with Crippen molar-refractivity contribution in [3.05, 3.63) is 60.7 Å². The van der Waals surface area contributed by atoms with Crippen molar-refractivity contribution in [2.45, 2.75) is 9.79 Å². The number of rotatable bonds is 3. The molecule has 0 saturated carbocycles. The first-order chi connectivity index (χ1) is 14.0. The second-order valence-electron chi connectivity index (χ2n) is 6.64. The van der Waals surface area contributed by atoms with Gasteiger partial charge >= 0.3 is 0 Å². The summed E-state index contributed by atoms with van der Waals surface area (Å²) in [6.45, 7) is 0. The number of benzene rings is 4. The molecular weight excluding hydrogens is 478 g/mol. The SMILES string of the molecule is O=S(=O)(O)c1ccc2c(-c3c(O)ccc4cc(S(=O)(=O)O)ccc34)c(O)ccc2c1.[Na].[Na]. The molecule has 4 rings (SSSR count). The van der Waals surface area contributed by atoms with Gasteiger partial charge in [-0.1, -0.05) is 24.3 Å². The Balaban J connectivity index is 0.00000181. The molecule has 4 aromatic carbocycles. The van der Waals surface area contributed by atoms with Crippen LogP contribution in [0.5, 0.6) is 11.5 Å². The second kappa shape index (κ2) is 9.59. The minimum Gasteiger partial charge on any atom is -0.507 e. The van der Waals surface area contributed by atoms with Gasteiger partial charge in [0.1, 0.15) is 11.5 Å². The van der Waals surface area contributed by atoms with Crippen LogP contribution in [0, 0.1) is 0 Å². The van der Waals surface area contributed by atoms with Crippen LogP contribution in [0.25, 0.3) is 32.7 Å². The van der Waals surface area contributed by atoms with Crippen molar-refractivity contribution in [1.29, 1.82) is 0 Å². The molecule has 4 N–H and O–H groups in total. The van der Waals surface area contributed by atoms with Crippen LogP contribution in [0.1, 0.15) is 0 Å². The topological polar surface area (TPSA) is 149 Å². The number of phenols is 2. The van der Waals surface area contributed by atoms with Gasteiger partial charge in [-0.25, -0.2) is 0 Å². The molecule has 4 aromatic rings. The van der Waals surface area contributed by atoms with Crippen molar-refractivity contribution in [3.63, 3.8) is 0 Å². The zero-order valence-corrected chi connectivity index (χ0v) is 22.6. The summed E-state index contributed by atoms with van der Waals surface area (Å²) in [5.41, 5.74) is 0.384. The molecule has 0 unspecified atom stereocenters. The van der Waals surface area contributed by atoms with Crippen LogP contribution < -0.4 is 0 Å². The molecule has 0 aromatic heterocycles. The molecule has 156 valence electrons. The van der Waals surface area contributed by atoms with Crippen molar-refractivity contribution in [2.24, 2.45) is 0 Å². The number of fused-ring (bicyclic) bond motifs is 2. The quantitative estimate of drug-likeness (QED) is 0.252. The van der Waals surface area contributed by atoms with Crippen molar-refractivity contribution >= 4 is 101 Å². The van der Waals surface area contributed by atoms with E-state index in [-0.39, 0.29) is 91.5 Å². The minimum atomic E-state index is -4.44. The summed E-state index contributed by atoms with van der Waals surface area (Å²) in [6.07, 6.45) is 0. The molecule has 0 aliphatic heterocycles. The van der Waals surface area contributed by atoms with Gasteiger partial charge in [0.05, 0.1) is 9.79 Å². The monoisotopic (exact) mass is 492 g/mol. The van der Waals surface area contributed by atoms with Gasteiger partial charge in [0, 0.05) is 70.2 Å². The summed E-state index contributed by atoms with van der Waals surface area (Å²) in [7, 11) is -8.87. The van der Waals surface area contributed by atoms with Crippen molar-refractivity contribution < 1.29 is 36.2 Å². The average Bonchev–Trinajstić information content (AvgIpc) is 2.66.